The fourth-order valence-electron chi connectivity index (χ4n) is 2.25. The first-order valence-electron chi connectivity index (χ1n) is 8.96. The normalized spacial score (nSPS) is 11.1. The lowest BCUT2D eigenvalue weighted by atomic mass is 10.2. The number of phenols is 1. The van der Waals surface area contributed by atoms with E-state index in [-0.39, 0.29) is 11.7 Å². The molecule has 0 aromatic heterocycles. The summed E-state index contributed by atoms with van der Waals surface area (Å²) in [6, 6.07) is 16.4. The van der Waals surface area contributed by atoms with E-state index in [2.05, 4.69) is 33.1 Å². The highest BCUT2D eigenvalue weighted by atomic mass is 32.2. The molecule has 0 aliphatic carbocycles. The smallest absolute Gasteiger partial charge is 0.251 e. The Labute approximate surface area is 164 Å². The van der Waals surface area contributed by atoms with Crippen LogP contribution in [0.3, 0.4) is 0 Å². The third-order valence-corrected chi connectivity index (χ3v) is 4.56. The lowest BCUT2D eigenvalue weighted by Gasteiger charge is -2.11. The Morgan fingerprint density at radius 3 is 2.44 bits per heavy atom. The van der Waals surface area contributed by atoms with E-state index in [1.54, 1.807) is 23.9 Å². The van der Waals surface area contributed by atoms with Crippen LogP contribution < -0.4 is 16.0 Å². The van der Waals surface area contributed by atoms with Crippen molar-refractivity contribution in [2.45, 2.75) is 11.8 Å². The van der Waals surface area contributed by atoms with Crippen LogP contribution >= 0.6 is 11.8 Å². The fraction of sp³-hybridized carbons (Fsp3) is 0.300. The van der Waals surface area contributed by atoms with Gasteiger partial charge in [-0.3, -0.25) is 9.79 Å². The second-order valence-electron chi connectivity index (χ2n) is 5.65. The number of aromatic hydroxyl groups is 1. The molecule has 0 saturated heterocycles. The lowest BCUT2D eigenvalue weighted by molar-refractivity contribution is 0.0955. The van der Waals surface area contributed by atoms with Gasteiger partial charge < -0.3 is 21.1 Å². The molecule has 27 heavy (non-hydrogen) atoms. The molecular formula is C20H26N4O2S. The lowest BCUT2D eigenvalue weighted by Crippen LogP contribution is -2.39. The van der Waals surface area contributed by atoms with Crippen LogP contribution in [0.1, 0.15) is 17.3 Å². The van der Waals surface area contributed by atoms with Crippen molar-refractivity contribution >= 4 is 23.6 Å². The van der Waals surface area contributed by atoms with Gasteiger partial charge in [0, 0.05) is 35.8 Å². The van der Waals surface area contributed by atoms with E-state index in [1.165, 1.54) is 17.0 Å². The second kappa shape index (κ2) is 11.9. The molecule has 0 unspecified atom stereocenters. The van der Waals surface area contributed by atoms with Crippen LogP contribution in [0.2, 0.25) is 0 Å². The van der Waals surface area contributed by atoms with Crippen molar-refractivity contribution in [1.82, 2.24) is 16.0 Å². The molecule has 0 radical (unpaired) electrons. The zero-order valence-electron chi connectivity index (χ0n) is 15.4. The summed E-state index contributed by atoms with van der Waals surface area (Å²) in [5.74, 6) is 1.64. The average molecular weight is 387 g/mol. The van der Waals surface area contributed by atoms with Gasteiger partial charge in [-0.05, 0) is 43.3 Å². The van der Waals surface area contributed by atoms with E-state index in [9.17, 15) is 9.90 Å². The number of carbonyl (C=O) groups excluding carboxylic acids is 1. The maximum atomic E-state index is 12.0. The topological polar surface area (TPSA) is 85.8 Å². The van der Waals surface area contributed by atoms with Crippen molar-refractivity contribution in [3.05, 3.63) is 60.2 Å². The molecule has 2 aromatic rings. The Morgan fingerprint density at radius 2 is 1.74 bits per heavy atom. The predicted octanol–water partition coefficient (Wildman–Crippen LogP) is 2.47. The number of nitrogens with zero attached hydrogens (tertiary/aromatic N) is 1. The van der Waals surface area contributed by atoms with Gasteiger partial charge in [-0.1, -0.05) is 18.2 Å². The van der Waals surface area contributed by atoms with Crippen LogP contribution in [0.15, 0.2) is 64.5 Å². The summed E-state index contributed by atoms with van der Waals surface area (Å²) in [4.78, 5) is 17.7. The van der Waals surface area contributed by atoms with Gasteiger partial charge in [0.25, 0.3) is 5.91 Å². The summed E-state index contributed by atoms with van der Waals surface area (Å²) in [5, 5.41) is 18.6. The van der Waals surface area contributed by atoms with E-state index in [0.29, 0.717) is 18.7 Å². The van der Waals surface area contributed by atoms with E-state index in [1.807, 2.05) is 25.1 Å². The molecule has 2 aromatic carbocycles. The van der Waals surface area contributed by atoms with Gasteiger partial charge in [0.15, 0.2) is 5.96 Å². The number of guanidine groups is 1. The number of thioether (sulfide) groups is 1. The summed E-state index contributed by atoms with van der Waals surface area (Å²) >= 11 is 1.79. The quantitative estimate of drug-likeness (QED) is 0.230. The van der Waals surface area contributed by atoms with Crippen LogP contribution in [-0.4, -0.2) is 48.9 Å². The predicted molar refractivity (Wildman–Crippen MR) is 112 cm³/mol. The zero-order chi connectivity index (χ0) is 19.3. The molecule has 4 N–H and O–H groups in total. The minimum Gasteiger partial charge on any atom is -0.508 e. The SMILES string of the molecule is CCNC(=NCCNC(=O)c1ccc(O)cc1)NCCSc1ccccc1. The van der Waals surface area contributed by atoms with E-state index in [4.69, 9.17) is 0 Å². The molecule has 0 fully saturated rings. The van der Waals surface area contributed by atoms with Gasteiger partial charge in [-0.15, -0.1) is 11.8 Å². The summed E-state index contributed by atoms with van der Waals surface area (Å²) < 4.78 is 0. The molecule has 0 aliphatic rings. The zero-order valence-corrected chi connectivity index (χ0v) is 16.3. The van der Waals surface area contributed by atoms with Crippen molar-refractivity contribution in [3.8, 4) is 5.75 Å². The van der Waals surface area contributed by atoms with E-state index in [0.717, 1.165) is 24.8 Å². The van der Waals surface area contributed by atoms with Crippen molar-refractivity contribution in [3.63, 3.8) is 0 Å². The number of hydrogen-bond acceptors (Lipinski definition) is 4. The largest absolute Gasteiger partial charge is 0.508 e. The van der Waals surface area contributed by atoms with Crippen LogP contribution in [0.4, 0.5) is 0 Å². The summed E-state index contributed by atoms with van der Waals surface area (Å²) in [6.45, 7) is 4.51. The molecule has 0 heterocycles. The molecule has 0 atom stereocenters. The van der Waals surface area contributed by atoms with Gasteiger partial charge in [0.1, 0.15) is 5.75 Å². The van der Waals surface area contributed by atoms with E-state index < -0.39 is 0 Å². The van der Waals surface area contributed by atoms with Crippen LogP contribution in [0.5, 0.6) is 5.75 Å². The third-order valence-electron chi connectivity index (χ3n) is 3.55. The number of carbonyl (C=O) groups is 1. The number of hydrogen-bond donors (Lipinski definition) is 4. The highest BCUT2D eigenvalue weighted by Gasteiger charge is 2.04. The minimum atomic E-state index is -0.178. The summed E-state index contributed by atoms with van der Waals surface area (Å²) in [7, 11) is 0. The number of benzene rings is 2. The molecule has 7 heteroatoms. The maximum Gasteiger partial charge on any atom is 0.251 e. The number of phenolic OH excluding ortho intramolecular Hbond substituents is 1. The molecule has 1 amide bonds. The maximum absolute atomic E-state index is 12.0. The number of aliphatic imine (C=N–C) groups is 1. The molecule has 0 aliphatic heterocycles. The Kier molecular flexibility index (Phi) is 9.06. The van der Waals surface area contributed by atoms with Gasteiger partial charge in [0.2, 0.25) is 0 Å². The number of rotatable bonds is 9. The molecule has 6 nitrogen and oxygen atoms in total. The molecule has 0 spiro atoms. The van der Waals surface area contributed by atoms with Crippen LogP contribution in [0.25, 0.3) is 0 Å². The van der Waals surface area contributed by atoms with Gasteiger partial charge in [0.05, 0.1) is 6.54 Å². The number of amides is 1. The molecule has 144 valence electrons. The van der Waals surface area contributed by atoms with Crippen molar-refractivity contribution in [1.29, 1.82) is 0 Å². The first-order valence-corrected chi connectivity index (χ1v) is 9.95. The monoisotopic (exact) mass is 386 g/mol. The molecular weight excluding hydrogens is 360 g/mol. The number of nitrogens with one attached hydrogen (secondary N) is 3. The Bertz CT molecular complexity index is 721. The first-order chi connectivity index (χ1) is 13.2. The van der Waals surface area contributed by atoms with Crippen LogP contribution in [0, 0.1) is 0 Å². The fourth-order valence-corrected chi connectivity index (χ4v) is 3.04. The van der Waals surface area contributed by atoms with Crippen molar-refractivity contribution in [2.75, 3.05) is 31.9 Å². The van der Waals surface area contributed by atoms with Crippen molar-refractivity contribution < 1.29 is 9.90 Å². The van der Waals surface area contributed by atoms with Gasteiger partial charge >= 0.3 is 0 Å². The standard InChI is InChI=1S/C20H26N4O2S/c1-2-21-20(24-14-15-27-18-6-4-3-5-7-18)23-13-12-22-19(26)16-8-10-17(25)11-9-16/h3-11,25H,2,12-15H2,1H3,(H,22,26)(H2,21,23,24). The second-order valence-corrected chi connectivity index (χ2v) is 6.82. The summed E-state index contributed by atoms with van der Waals surface area (Å²) in [6.07, 6.45) is 0. The Morgan fingerprint density at radius 1 is 1.00 bits per heavy atom. The molecule has 0 saturated carbocycles. The highest BCUT2D eigenvalue weighted by molar-refractivity contribution is 7.99. The third kappa shape index (κ3) is 8.04. The molecule has 2 rings (SSSR count). The Balaban J connectivity index is 1.69. The van der Waals surface area contributed by atoms with Gasteiger partial charge in [-0.25, -0.2) is 0 Å². The van der Waals surface area contributed by atoms with Gasteiger partial charge in [-0.2, -0.15) is 0 Å². The molecule has 0 bridgehead atoms. The first kappa shape index (κ1) is 20.6. The van der Waals surface area contributed by atoms with Crippen molar-refractivity contribution in [2.24, 2.45) is 4.99 Å². The summed E-state index contributed by atoms with van der Waals surface area (Å²) in [5.41, 5.74) is 0.514. The Hall–Kier alpha value is -2.67. The highest BCUT2D eigenvalue weighted by Crippen LogP contribution is 2.15. The minimum absolute atomic E-state index is 0.142. The average Bonchev–Trinajstić information content (AvgIpc) is 2.69. The van der Waals surface area contributed by atoms with E-state index >= 15 is 0 Å². The van der Waals surface area contributed by atoms with Crippen LogP contribution in [-0.2, 0) is 0 Å².